The molecule has 0 unspecified atom stereocenters. The molecule has 0 aliphatic carbocycles. The molecule has 1 amide bonds. The lowest BCUT2D eigenvalue weighted by molar-refractivity contribution is 0.0129. The van der Waals surface area contributed by atoms with Crippen LogP contribution in [0.4, 0.5) is 0 Å². The van der Waals surface area contributed by atoms with E-state index in [1.807, 2.05) is 11.8 Å². The molecule has 0 radical (unpaired) electrons. The van der Waals surface area contributed by atoms with E-state index in [4.69, 9.17) is 9.26 Å². The van der Waals surface area contributed by atoms with Crippen molar-refractivity contribution in [1.29, 1.82) is 0 Å². The van der Waals surface area contributed by atoms with Gasteiger partial charge in [-0.3, -0.25) is 9.69 Å². The molecule has 3 heterocycles. The number of rotatable bonds is 2. The predicted molar refractivity (Wildman–Crippen MR) is 72.6 cm³/mol. The van der Waals surface area contributed by atoms with Crippen molar-refractivity contribution in [2.45, 2.75) is 25.8 Å². The van der Waals surface area contributed by atoms with Crippen LogP contribution >= 0.6 is 0 Å². The van der Waals surface area contributed by atoms with Gasteiger partial charge in [-0.15, -0.1) is 0 Å². The highest BCUT2D eigenvalue weighted by atomic mass is 16.5. The van der Waals surface area contributed by atoms with E-state index in [2.05, 4.69) is 10.1 Å². The van der Waals surface area contributed by atoms with E-state index in [1.165, 1.54) is 0 Å². The fourth-order valence-electron chi connectivity index (χ4n) is 2.96. The summed E-state index contributed by atoms with van der Waals surface area (Å²) in [4.78, 5) is 16.6. The SMILES string of the molecule is Cc1cc(C(=O)N2CCN(C3CCOCC3)CC2)on1. The monoisotopic (exact) mass is 279 g/mol. The zero-order valence-electron chi connectivity index (χ0n) is 11.9. The van der Waals surface area contributed by atoms with E-state index in [9.17, 15) is 4.79 Å². The Balaban J connectivity index is 1.54. The minimum Gasteiger partial charge on any atom is -0.381 e. The number of carbonyl (C=O) groups excluding carboxylic acids is 1. The van der Waals surface area contributed by atoms with Gasteiger partial charge in [0.2, 0.25) is 5.76 Å². The van der Waals surface area contributed by atoms with Crippen LogP contribution < -0.4 is 0 Å². The Kier molecular flexibility index (Phi) is 4.03. The van der Waals surface area contributed by atoms with E-state index in [0.717, 1.165) is 57.9 Å². The third kappa shape index (κ3) is 2.86. The molecule has 0 aromatic carbocycles. The van der Waals surface area contributed by atoms with Crippen LogP contribution in [0.1, 0.15) is 29.1 Å². The van der Waals surface area contributed by atoms with Crippen molar-refractivity contribution in [1.82, 2.24) is 15.0 Å². The first kappa shape index (κ1) is 13.6. The quantitative estimate of drug-likeness (QED) is 0.805. The zero-order valence-corrected chi connectivity index (χ0v) is 11.9. The zero-order chi connectivity index (χ0) is 13.9. The highest BCUT2D eigenvalue weighted by molar-refractivity contribution is 5.91. The van der Waals surface area contributed by atoms with E-state index in [0.29, 0.717) is 11.8 Å². The third-order valence-electron chi connectivity index (χ3n) is 4.15. The Labute approximate surface area is 118 Å². The number of carbonyl (C=O) groups is 1. The maximum absolute atomic E-state index is 12.2. The molecule has 0 saturated carbocycles. The number of piperazine rings is 1. The molecule has 0 N–H and O–H groups in total. The molecular weight excluding hydrogens is 258 g/mol. The smallest absolute Gasteiger partial charge is 0.292 e. The summed E-state index contributed by atoms with van der Waals surface area (Å²) >= 11 is 0. The van der Waals surface area contributed by atoms with Crippen LogP contribution in [0.15, 0.2) is 10.6 Å². The lowest BCUT2D eigenvalue weighted by Crippen LogP contribution is -2.53. The van der Waals surface area contributed by atoms with Crippen molar-refractivity contribution in [3.05, 3.63) is 17.5 Å². The van der Waals surface area contributed by atoms with Gasteiger partial charge in [-0.1, -0.05) is 5.16 Å². The summed E-state index contributed by atoms with van der Waals surface area (Å²) in [6.45, 7) is 6.94. The number of aryl methyl sites for hydroxylation is 1. The highest BCUT2D eigenvalue weighted by Gasteiger charge is 2.28. The molecule has 1 aromatic rings. The van der Waals surface area contributed by atoms with Crippen molar-refractivity contribution in [3.63, 3.8) is 0 Å². The Morgan fingerprint density at radius 3 is 2.55 bits per heavy atom. The van der Waals surface area contributed by atoms with Crippen LogP contribution in [0.2, 0.25) is 0 Å². The average Bonchev–Trinajstić information content (AvgIpc) is 2.94. The van der Waals surface area contributed by atoms with Crippen molar-refractivity contribution in [2.75, 3.05) is 39.4 Å². The molecule has 0 spiro atoms. The maximum Gasteiger partial charge on any atom is 0.292 e. The molecule has 0 atom stereocenters. The Bertz CT molecular complexity index is 460. The first-order valence-corrected chi connectivity index (χ1v) is 7.28. The number of nitrogens with zero attached hydrogens (tertiary/aromatic N) is 3. The molecule has 3 rings (SSSR count). The van der Waals surface area contributed by atoms with Crippen LogP contribution in [0.5, 0.6) is 0 Å². The lowest BCUT2D eigenvalue weighted by atomic mass is 10.1. The van der Waals surface area contributed by atoms with Crippen molar-refractivity contribution in [2.24, 2.45) is 0 Å². The van der Waals surface area contributed by atoms with Crippen LogP contribution in [0.3, 0.4) is 0 Å². The van der Waals surface area contributed by atoms with Crippen LogP contribution in [0.25, 0.3) is 0 Å². The van der Waals surface area contributed by atoms with Gasteiger partial charge in [0.1, 0.15) is 0 Å². The van der Waals surface area contributed by atoms with Crippen LogP contribution in [-0.4, -0.2) is 66.3 Å². The largest absolute Gasteiger partial charge is 0.381 e. The molecule has 6 nitrogen and oxygen atoms in total. The molecule has 2 saturated heterocycles. The number of hydrogen-bond acceptors (Lipinski definition) is 5. The second-order valence-electron chi connectivity index (χ2n) is 5.50. The van der Waals surface area contributed by atoms with Crippen LogP contribution in [-0.2, 0) is 4.74 Å². The van der Waals surface area contributed by atoms with Crippen molar-refractivity contribution < 1.29 is 14.1 Å². The minimum absolute atomic E-state index is 0.0442. The molecule has 6 heteroatoms. The van der Waals surface area contributed by atoms with Gasteiger partial charge in [0.15, 0.2) is 0 Å². The Hall–Kier alpha value is -1.40. The van der Waals surface area contributed by atoms with Gasteiger partial charge in [0, 0.05) is 51.5 Å². The molecular formula is C14H21N3O3. The first-order valence-electron chi connectivity index (χ1n) is 7.28. The summed E-state index contributed by atoms with van der Waals surface area (Å²) in [5.41, 5.74) is 0.745. The number of aromatic nitrogens is 1. The number of ether oxygens (including phenoxy) is 1. The molecule has 1 aromatic heterocycles. The van der Waals surface area contributed by atoms with E-state index in [-0.39, 0.29) is 5.91 Å². The average molecular weight is 279 g/mol. The summed E-state index contributed by atoms with van der Waals surface area (Å²) in [6, 6.07) is 2.32. The second-order valence-corrected chi connectivity index (χ2v) is 5.50. The summed E-state index contributed by atoms with van der Waals surface area (Å²) in [5.74, 6) is 0.305. The van der Waals surface area contributed by atoms with Gasteiger partial charge in [0.25, 0.3) is 5.91 Å². The summed E-state index contributed by atoms with van der Waals surface area (Å²) in [7, 11) is 0. The number of amides is 1. The molecule has 20 heavy (non-hydrogen) atoms. The Morgan fingerprint density at radius 1 is 1.25 bits per heavy atom. The minimum atomic E-state index is -0.0442. The predicted octanol–water partition coefficient (Wildman–Crippen LogP) is 0.920. The van der Waals surface area contributed by atoms with Gasteiger partial charge < -0.3 is 14.2 Å². The molecule has 110 valence electrons. The van der Waals surface area contributed by atoms with Crippen molar-refractivity contribution >= 4 is 5.91 Å². The standard InChI is InChI=1S/C14H21N3O3/c1-11-10-13(20-15-11)14(18)17-6-4-16(5-7-17)12-2-8-19-9-3-12/h10,12H,2-9H2,1H3. The third-order valence-corrected chi connectivity index (χ3v) is 4.15. The molecule has 2 aliphatic rings. The van der Waals surface area contributed by atoms with E-state index in [1.54, 1.807) is 6.07 Å². The molecule has 2 aliphatic heterocycles. The highest BCUT2D eigenvalue weighted by Crippen LogP contribution is 2.17. The molecule has 2 fully saturated rings. The fourth-order valence-corrected chi connectivity index (χ4v) is 2.96. The van der Waals surface area contributed by atoms with Gasteiger partial charge in [0.05, 0.1) is 5.69 Å². The van der Waals surface area contributed by atoms with Crippen molar-refractivity contribution in [3.8, 4) is 0 Å². The lowest BCUT2D eigenvalue weighted by Gasteiger charge is -2.40. The van der Waals surface area contributed by atoms with E-state index >= 15 is 0 Å². The van der Waals surface area contributed by atoms with Gasteiger partial charge in [-0.2, -0.15) is 0 Å². The van der Waals surface area contributed by atoms with Gasteiger partial charge in [-0.05, 0) is 19.8 Å². The summed E-state index contributed by atoms with van der Waals surface area (Å²) in [5, 5.41) is 3.77. The topological polar surface area (TPSA) is 58.8 Å². The fraction of sp³-hybridized carbons (Fsp3) is 0.714. The van der Waals surface area contributed by atoms with Gasteiger partial charge in [-0.25, -0.2) is 0 Å². The summed E-state index contributed by atoms with van der Waals surface area (Å²) < 4.78 is 10.5. The molecule has 0 bridgehead atoms. The van der Waals surface area contributed by atoms with Gasteiger partial charge >= 0.3 is 0 Å². The first-order chi connectivity index (χ1) is 9.74. The Morgan fingerprint density at radius 2 is 1.95 bits per heavy atom. The normalized spacial score (nSPS) is 22.1. The van der Waals surface area contributed by atoms with E-state index < -0.39 is 0 Å². The second kappa shape index (κ2) is 5.93. The summed E-state index contributed by atoms with van der Waals surface area (Å²) in [6.07, 6.45) is 2.21. The van der Waals surface area contributed by atoms with Crippen LogP contribution in [0, 0.1) is 6.92 Å². The maximum atomic E-state index is 12.2. The number of hydrogen-bond donors (Lipinski definition) is 0.